The maximum absolute atomic E-state index is 4.39. The Hall–Kier alpha value is -2.44. The molecule has 0 atom stereocenters. The van der Waals surface area contributed by atoms with E-state index in [1.807, 2.05) is 12.4 Å². The summed E-state index contributed by atoms with van der Waals surface area (Å²) in [4.78, 5) is 4.39. The van der Waals surface area contributed by atoms with Gasteiger partial charge in [0.05, 0.1) is 24.1 Å². The summed E-state index contributed by atoms with van der Waals surface area (Å²) in [6.45, 7) is 10.1. The van der Waals surface area contributed by atoms with Crippen LogP contribution >= 0.6 is 0 Å². The van der Waals surface area contributed by atoms with Gasteiger partial charge >= 0.3 is 0 Å². The molecule has 0 aliphatic rings. The summed E-state index contributed by atoms with van der Waals surface area (Å²) in [5.74, 6) is 0.859. The van der Waals surface area contributed by atoms with Crippen molar-refractivity contribution in [2.45, 2.75) is 52.6 Å². The second-order valence-corrected chi connectivity index (χ2v) is 6.77. The smallest absolute Gasteiger partial charge is 0.162 e. The van der Waals surface area contributed by atoms with Crippen LogP contribution in [0.3, 0.4) is 0 Å². The largest absolute Gasteiger partial charge is 0.330 e. The molecule has 23 heavy (non-hydrogen) atoms. The maximum Gasteiger partial charge on any atom is 0.162 e. The van der Waals surface area contributed by atoms with Crippen molar-refractivity contribution in [3.63, 3.8) is 0 Å². The summed E-state index contributed by atoms with van der Waals surface area (Å²) in [5, 5.41) is 15.9. The first kappa shape index (κ1) is 15.5. The number of H-pyrrole nitrogens is 1. The van der Waals surface area contributed by atoms with Crippen molar-refractivity contribution < 1.29 is 0 Å². The van der Waals surface area contributed by atoms with Gasteiger partial charge in [-0.05, 0) is 12.5 Å². The third kappa shape index (κ3) is 3.33. The van der Waals surface area contributed by atoms with E-state index in [0.717, 1.165) is 35.9 Å². The van der Waals surface area contributed by atoms with Crippen LogP contribution in [0.15, 0.2) is 24.7 Å². The zero-order chi connectivity index (χ0) is 16.4. The molecule has 3 aromatic rings. The van der Waals surface area contributed by atoms with Crippen molar-refractivity contribution >= 4 is 0 Å². The number of hydrogen-bond acceptors (Lipinski definition) is 4. The third-order valence-corrected chi connectivity index (χ3v) is 3.68. The molecule has 0 saturated heterocycles. The van der Waals surface area contributed by atoms with Crippen molar-refractivity contribution in [1.82, 2.24) is 34.7 Å². The molecule has 0 aromatic carbocycles. The van der Waals surface area contributed by atoms with Crippen molar-refractivity contribution in [2.24, 2.45) is 0 Å². The van der Waals surface area contributed by atoms with Gasteiger partial charge < -0.3 is 4.57 Å². The van der Waals surface area contributed by atoms with Crippen molar-refractivity contribution in [1.29, 1.82) is 0 Å². The van der Waals surface area contributed by atoms with Crippen LogP contribution in [0.4, 0.5) is 0 Å². The van der Waals surface area contributed by atoms with Crippen LogP contribution in [0.5, 0.6) is 0 Å². The number of imidazole rings is 1. The number of aryl methyl sites for hydroxylation is 1. The van der Waals surface area contributed by atoms with E-state index in [2.05, 4.69) is 63.8 Å². The van der Waals surface area contributed by atoms with E-state index in [0.29, 0.717) is 6.54 Å². The number of aromatic amines is 1. The second kappa shape index (κ2) is 5.98. The predicted octanol–water partition coefficient (Wildman–Crippen LogP) is 2.62. The Balaban J connectivity index is 1.77. The lowest BCUT2D eigenvalue weighted by molar-refractivity contribution is 0.567. The lowest BCUT2D eigenvalue weighted by Gasteiger charge is -2.13. The maximum atomic E-state index is 4.39. The standard InChI is InChI=1S/C16H23N7/c1-5-7-22-8-6-17-15(22)13-11-23(21-19-13)10-12-9-14(20-18-12)16(2,3)4/h6,8-9,11H,5,7,10H2,1-4H3,(H,18,20). The fourth-order valence-electron chi connectivity index (χ4n) is 2.44. The Kier molecular flexibility index (Phi) is 4.02. The summed E-state index contributed by atoms with van der Waals surface area (Å²) in [7, 11) is 0. The van der Waals surface area contributed by atoms with Gasteiger partial charge in [-0.3, -0.25) is 5.10 Å². The molecule has 0 spiro atoms. The van der Waals surface area contributed by atoms with E-state index in [-0.39, 0.29) is 5.41 Å². The number of rotatable bonds is 5. The fourth-order valence-corrected chi connectivity index (χ4v) is 2.44. The minimum Gasteiger partial charge on any atom is -0.330 e. The highest BCUT2D eigenvalue weighted by Crippen LogP contribution is 2.21. The molecule has 0 fully saturated rings. The molecule has 1 N–H and O–H groups in total. The van der Waals surface area contributed by atoms with Crippen LogP contribution in [0, 0.1) is 0 Å². The minimum absolute atomic E-state index is 0.0349. The lowest BCUT2D eigenvalue weighted by Crippen LogP contribution is -2.11. The van der Waals surface area contributed by atoms with Gasteiger partial charge in [0, 0.05) is 24.4 Å². The Morgan fingerprint density at radius 3 is 2.78 bits per heavy atom. The number of aromatic nitrogens is 7. The molecule has 7 heteroatoms. The fraction of sp³-hybridized carbons (Fsp3) is 0.500. The first-order valence-electron chi connectivity index (χ1n) is 7.94. The molecule has 0 unspecified atom stereocenters. The van der Waals surface area contributed by atoms with E-state index in [9.17, 15) is 0 Å². The van der Waals surface area contributed by atoms with Crippen LogP contribution < -0.4 is 0 Å². The third-order valence-electron chi connectivity index (χ3n) is 3.68. The summed E-state index contributed by atoms with van der Waals surface area (Å²) in [6.07, 6.45) is 6.75. The average Bonchev–Trinajstić information content (AvgIpc) is 3.18. The van der Waals surface area contributed by atoms with Crippen LogP contribution in [-0.2, 0) is 18.5 Å². The van der Waals surface area contributed by atoms with Crippen LogP contribution in [0.25, 0.3) is 11.5 Å². The van der Waals surface area contributed by atoms with Gasteiger partial charge in [-0.25, -0.2) is 9.67 Å². The Labute approximate surface area is 135 Å². The van der Waals surface area contributed by atoms with Gasteiger partial charge in [-0.1, -0.05) is 32.9 Å². The zero-order valence-electron chi connectivity index (χ0n) is 14.1. The number of nitrogens with one attached hydrogen (secondary N) is 1. The molecule has 0 saturated carbocycles. The Morgan fingerprint density at radius 2 is 2.09 bits per heavy atom. The molecule has 0 bridgehead atoms. The molecular weight excluding hydrogens is 290 g/mol. The minimum atomic E-state index is 0.0349. The van der Waals surface area contributed by atoms with E-state index < -0.39 is 0 Å². The van der Waals surface area contributed by atoms with Crippen molar-refractivity contribution in [3.05, 3.63) is 36.0 Å². The summed E-state index contributed by atoms with van der Waals surface area (Å²) in [6, 6.07) is 2.08. The summed E-state index contributed by atoms with van der Waals surface area (Å²) >= 11 is 0. The molecule has 0 radical (unpaired) electrons. The van der Waals surface area contributed by atoms with E-state index >= 15 is 0 Å². The molecule has 7 nitrogen and oxygen atoms in total. The van der Waals surface area contributed by atoms with E-state index in [4.69, 9.17) is 0 Å². The highest BCUT2D eigenvalue weighted by molar-refractivity contribution is 5.47. The predicted molar refractivity (Wildman–Crippen MR) is 87.9 cm³/mol. The lowest BCUT2D eigenvalue weighted by atomic mass is 9.92. The van der Waals surface area contributed by atoms with Crippen LogP contribution in [0.1, 0.15) is 45.5 Å². The van der Waals surface area contributed by atoms with Gasteiger partial charge in [-0.15, -0.1) is 5.10 Å². The zero-order valence-corrected chi connectivity index (χ0v) is 14.1. The SMILES string of the molecule is CCCn1ccnc1-c1cn(Cc2cc(C(C)(C)C)n[nH]2)nn1. The van der Waals surface area contributed by atoms with E-state index in [1.54, 1.807) is 10.9 Å². The molecule has 0 aliphatic heterocycles. The van der Waals surface area contributed by atoms with Gasteiger partial charge in [0.15, 0.2) is 5.82 Å². The summed E-state index contributed by atoms with van der Waals surface area (Å²) < 4.78 is 3.91. The second-order valence-electron chi connectivity index (χ2n) is 6.77. The monoisotopic (exact) mass is 313 g/mol. The van der Waals surface area contributed by atoms with E-state index in [1.165, 1.54) is 0 Å². The quantitative estimate of drug-likeness (QED) is 0.785. The Morgan fingerprint density at radius 1 is 1.26 bits per heavy atom. The normalized spacial score (nSPS) is 12.0. The number of hydrogen-bond donors (Lipinski definition) is 1. The molecular formula is C16H23N7. The van der Waals surface area contributed by atoms with Crippen molar-refractivity contribution in [3.8, 4) is 11.5 Å². The summed E-state index contributed by atoms with van der Waals surface area (Å²) in [5.41, 5.74) is 2.89. The van der Waals surface area contributed by atoms with Gasteiger partial charge in [-0.2, -0.15) is 5.10 Å². The van der Waals surface area contributed by atoms with Crippen molar-refractivity contribution in [2.75, 3.05) is 0 Å². The molecule has 122 valence electrons. The molecule has 3 rings (SSSR count). The molecule has 3 heterocycles. The molecule has 3 aromatic heterocycles. The average molecular weight is 313 g/mol. The van der Waals surface area contributed by atoms with Crippen LogP contribution in [0.2, 0.25) is 0 Å². The Bertz CT molecular complexity index is 772. The molecule has 0 amide bonds. The van der Waals surface area contributed by atoms with Gasteiger partial charge in [0.1, 0.15) is 5.69 Å². The molecule has 0 aliphatic carbocycles. The first-order chi connectivity index (χ1) is 11.0. The first-order valence-corrected chi connectivity index (χ1v) is 7.94. The van der Waals surface area contributed by atoms with Gasteiger partial charge in [0.2, 0.25) is 0 Å². The highest BCUT2D eigenvalue weighted by atomic mass is 15.4. The van der Waals surface area contributed by atoms with Crippen LogP contribution in [-0.4, -0.2) is 34.7 Å². The number of nitrogens with zero attached hydrogens (tertiary/aromatic N) is 6. The topological polar surface area (TPSA) is 77.2 Å². The van der Waals surface area contributed by atoms with Gasteiger partial charge in [0.25, 0.3) is 0 Å². The highest BCUT2D eigenvalue weighted by Gasteiger charge is 2.17.